The Balaban J connectivity index is 1.80. The first-order chi connectivity index (χ1) is 9.15. The zero-order chi connectivity index (χ0) is 13.4. The Labute approximate surface area is 115 Å². The van der Waals surface area contributed by atoms with Gasteiger partial charge in [0.15, 0.2) is 0 Å². The lowest BCUT2D eigenvalue weighted by Gasteiger charge is -2.25. The van der Waals surface area contributed by atoms with Crippen LogP contribution >= 0.6 is 11.6 Å². The molecule has 0 fully saturated rings. The molecule has 0 saturated carbocycles. The highest BCUT2D eigenvalue weighted by atomic mass is 35.5. The number of rotatable bonds is 2. The van der Waals surface area contributed by atoms with Gasteiger partial charge < -0.3 is 9.88 Å². The van der Waals surface area contributed by atoms with E-state index >= 15 is 0 Å². The zero-order valence-electron chi connectivity index (χ0n) is 10.5. The van der Waals surface area contributed by atoms with E-state index in [0.29, 0.717) is 5.69 Å². The van der Waals surface area contributed by atoms with Crippen molar-refractivity contribution in [3.8, 4) is 0 Å². The van der Waals surface area contributed by atoms with Crippen molar-refractivity contribution in [3.05, 3.63) is 39.8 Å². The third-order valence-corrected chi connectivity index (χ3v) is 3.75. The summed E-state index contributed by atoms with van der Waals surface area (Å²) in [4.78, 5) is 16.0. The molecular weight excluding hydrogens is 266 g/mol. The van der Waals surface area contributed by atoms with Crippen LogP contribution in [-0.2, 0) is 20.0 Å². The summed E-state index contributed by atoms with van der Waals surface area (Å²) in [5.74, 6) is 1.05. The van der Waals surface area contributed by atoms with Crippen LogP contribution in [0.1, 0.15) is 12.2 Å². The second-order valence-electron chi connectivity index (χ2n) is 4.67. The standard InChI is InChI=1S/C12H14ClN5O/c1-17-12(19)11(13)9(7-15-17)16-8-2-4-18-5-3-14-10(18)6-8/h3,5,7-8,16H,2,4,6H2,1H3. The quantitative estimate of drug-likeness (QED) is 0.893. The van der Waals surface area contributed by atoms with Gasteiger partial charge in [-0.2, -0.15) is 5.10 Å². The van der Waals surface area contributed by atoms with Crippen LogP contribution in [0.3, 0.4) is 0 Å². The van der Waals surface area contributed by atoms with Gasteiger partial charge in [-0.1, -0.05) is 11.6 Å². The number of halogens is 1. The molecule has 19 heavy (non-hydrogen) atoms. The highest BCUT2D eigenvalue weighted by molar-refractivity contribution is 6.32. The van der Waals surface area contributed by atoms with Crippen LogP contribution < -0.4 is 10.9 Å². The summed E-state index contributed by atoms with van der Waals surface area (Å²) in [6.07, 6.45) is 7.17. The summed E-state index contributed by atoms with van der Waals surface area (Å²) in [5, 5.41) is 7.45. The number of anilines is 1. The third kappa shape index (κ3) is 2.23. The third-order valence-electron chi connectivity index (χ3n) is 3.39. The summed E-state index contributed by atoms with van der Waals surface area (Å²) < 4.78 is 3.36. The highest BCUT2D eigenvalue weighted by Crippen LogP contribution is 2.21. The largest absolute Gasteiger partial charge is 0.379 e. The Morgan fingerprint density at radius 1 is 1.53 bits per heavy atom. The Morgan fingerprint density at radius 3 is 3.21 bits per heavy atom. The number of aryl methyl sites for hydroxylation is 2. The highest BCUT2D eigenvalue weighted by Gasteiger charge is 2.20. The molecule has 0 radical (unpaired) electrons. The molecule has 0 amide bonds. The van der Waals surface area contributed by atoms with Gasteiger partial charge in [0.1, 0.15) is 10.8 Å². The van der Waals surface area contributed by atoms with Crippen molar-refractivity contribution < 1.29 is 0 Å². The van der Waals surface area contributed by atoms with Crippen LogP contribution in [0.5, 0.6) is 0 Å². The molecule has 0 saturated heterocycles. The van der Waals surface area contributed by atoms with Crippen LogP contribution in [-0.4, -0.2) is 25.4 Å². The summed E-state index contributed by atoms with van der Waals surface area (Å²) in [7, 11) is 1.58. The van der Waals surface area contributed by atoms with E-state index in [0.717, 1.165) is 25.2 Å². The van der Waals surface area contributed by atoms with E-state index < -0.39 is 0 Å². The first kappa shape index (κ1) is 12.2. The number of imidazole rings is 1. The van der Waals surface area contributed by atoms with E-state index in [-0.39, 0.29) is 16.6 Å². The molecule has 0 aromatic carbocycles. The molecule has 2 aromatic heterocycles. The average Bonchev–Trinajstić information content (AvgIpc) is 2.87. The smallest absolute Gasteiger partial charge is 0.287 e. The number of aromatic nitrogens is 4. The minimum absolute atomic E-state index is 0.186. The maximum Gasteiger partial charge on any atom is 0.287 e. The SMILES string of the molecule is Cn1ncc(NC2CCn3ccnc3C2)c(Cl)c1=O. The number of nitrogens with zero attached hydrogens (tertiary/aromatic N) is 4. The summed E-state index contributed by atoms with van der Waals surface area (Å²) in [6, 6.07) is 0.223. The predicted octanol–water partition coefficient (Wildman–Crippen LogP) is 1.06. The van der Waals surface area contributed by atoms with Gasteiger partial charge in [0, 0.05) is 38.4 Å². The van der Waals surface area contributed by atoms with Crippen molar-refractivity contribution in [1.29, 1.82) is 0 Å². The van der Waals surface area contributed by atoms with Crippen molar-refractivity contribution in [1.82, 2.24) is 19.3 Å². The molecule has 1 unspecified atom stereocenters. The number of fused-ring (bicyclic) bond motifs is 1. The van der Waals surface area contributed by atoms with Gasteiger partial charge in [-0.15, -0.1) is 0 Å². The fourth-order valence-electron chi connectivity index (χ4n) is 2.31. The van der Waals surface area contributed by atoms with Crippen molar-refractivity contribution in [2.24, 2.45) is 7.05 Å². The van der Waals surface area contributed by atoms with Gasteiger partial charge >= 0.3 is 0 Å². The molecule has 1 atom stereocenters. The molecule has 1 aliphatic rings. The van der Waals surface area contributed by atoms with Crippen LogP contribution in [0.15, 0.2) is 23.4 Å². The molecule has 0 bridgehead atoms. The fourth-order valence-corrected chi connectivity index (χ4v) is 2.53. The first-order valence-electron chi connectivity index (χ1n) is 6.13. The minimum Gasteiger partial charge on any atom is -0.379 e. The number of hydrogen-bond acceptors (Lipinski definition) is 4. The summed E-state index contributed by atoms with van der Waals surface area (Å²) in [5.41, 5.74) is 0.304. The van der Waals surface area contributed by atoms with Crippen molar-refractivity contribution in [3.63, 3.8) is 0 Å². The van der Waals surface area contributed by atoms with E-state index in [1.165, 1.54) is 4.68 Å². The van der Waals surface area contributed by atoms with Crippen LogP contribution in [0.25, 0.3) is 0 Å². The van der Waals surface area contributed by atoms with Gasteiger partial charge in [0.05, 0.1) is 11.9 Å². The molecule has 0 aliphatic carbocycles. The lowest BCUT2D eigenvalue weighted by Crippen LogP contribution is -2.31. The van der Waals surface area contributed by atoms with Crippen molar-refractivity contribution in [2.75, 3.05) is 5.32 Å². The summed E-state index contributed by atoms with van der Waals surface area (Å²) in [6.45, 7) is 0.920. The molecule has 6 nitrogen and oxygen atoms in total. The normalized spacial score (nSPS) is 18.1. The monoisotopic (exact) mass is 279 g/mol. The summed E-state index contributed by atoms with van der Waals surface area (Å²) >= 11 is 6.04. The van der Waals surface area contributed by atoms with Gasteiger partial charge in [0.25, 0.3) is 5.56 Å². The molecule has 100 valence electrons. The molecule has 7 heteroatoms. The van der Waals surface area contributed by atoms with E-state index in [4.69, 9.17) is 11.6 Å². The van der Waals surface area contributed by atoms with Crippen LogP contribution in [0, 0.1) is 0 Å². The molecular formula is C12H14ClN5O. The van der Waals surface area contributed by atoms with E-state index in [2.05, 4.69) is 20.0 Å². The fraction of sp³-hybridized carbons (Fsp3) is 0.417. The van der Waals surface area contributed by atoms with E-state index in [9.17, 15) is 4.79 Å². The minimum atomic E-state index is -0.288. The second-order valence-corrected chi connectivity index (χ2v) is 5.05. The average molecular weight is 280 g/mol. The number of hydrogen-bond donors (Lipinski definition) is 1. The van der Waals surface area contributed by atoms with Gasteiger partial charge in [-0.05, 0) is 6.42 Å². The van der Waals surface area contributed by atoms with Crippen LogP contribution in [0.4, 0.5) is 5.69 Å². The van der Waals surface area contributed by atoms with Crippen molar-refractivity contribution in [2.45, 2.75) is 25.4 Å². The lowest BCUT2D eigenvalue weighted by atomic mass is 10.1. The Hall–Kier alpha value is -1.82. The lowest BCUT2D eigenvalue weighted by molar-refractivity contribution is 0.483. The number of nitrogens with one attached hydrogen (secondary N) is 1. The molecule has 1 aliphatic heterocycles. The maximum absolute atomic E-state index is 11.7. The molecule has 1 N–H and O–H groups in total. The first-order valence-corrected chi connectivity index (χ1v) is 6.51. The maximum atomic E-state index is 11.7. The molecule has 3 heterocycles. The van der Waals surface area contributed by atoms with Crippen LogP contribution in [0.2, 0.25) is 5.02 Å². The Kier molecular flexibility index (Phi) is 3.02. The van der Waals surface area contributed by atoms with Gasteiger partial charge in [-0.25, -0.2) is 9.67 Å². The van der Waals surface area contributed by atoms with Gasteiger partial charge in [-0.3, -0.25) is 4.79 Å². The van der Waals surface area contributed by atoms with Gasteiger partial charge in [0.2, 0.25) is 0 Å². The zero-order valence-corrected chi connectivity index (χ0v) is 11.3. The Bertz CT molecular complexity index is 662. The Morgan fingerprint density at radius 2 is 2.37 bits per heavy atom. The van der Waals surface area contributed by atoms with E-state index in [1.807, 2.05) is 12.4 Å². The van der Waals surface area contributed by atoms with Crippen molar-refractivity contribution >= 4 is 17.3 Å². The molecule has 2 aromatic rings. The van der Waals surface area contributed by atoms with E-state index in [1.54, 1.807) is 13.2 Å². The molecule has 0 spiro atoms. The predicted molar refractivity (Wildman–Crippen MR) is 72.4 cm³/mol. The topological polar surface area (TPSA) is 64.7 Å². The molecule has 3 rings (SSSR count). The second kappa shape index (κ2) is 4.70.